The standard InChI is InChI=1S/C21H26N2O/c1-2-24-14-8-13-22-15-19-17-23(16-18-9-4-3-5-10-18)21-12-7-6-11-20(19)21/h3-7,9-12,17,22H,2,8,13-16H2,1H3. The van der Waals surface area contributed by atoms with Gasteiger partial charge in [-0.05, 0) is 37.1 Å². The van der Waals surface area contributed by atoms with Crippen molar-refractivity contribution in [2.45, 2.75) is 26.4 Å². The Morgan fingerprint density at radius 2 is 1.79 bits per heavy atom. The van der Waals surface area contributed by atoms with Gasteiger partial charge in [0.25, 0.3) is 0 Å². The zero-order valence-corrected chi connectivity index (χ0v) is 14.4. The van der Waals surface area contributed by atoms with Crippen LogP contribution in [0.1, 0.15) is 24.5 Å². The van der Waals surface area contributed by atoms with Gasteiger partial charge in [0.15, 0.2) is 0 Å². The Bertz CT molecular complexity index is 749. The number of hydrogen-bond acceptors (Lipinski definition) is 2. The lowest BCUT2D eigenvalue weighted by molar-refractivity contribution is 0.144. The summed E-state index contributed by atoms with van der Waals surface area (Å²) >= 11 is 0. The number of nitrogens with zero attached hydrogens (tertiary/aromatic N) is 1. The molecule has 0 spiro atoms. The molecule has 0 aliphatic rings. The summed E-state index contributed by atoms with van der Waals surface area (Å²) in [5.41, 5.74) is 3.99. The van der Waals surface area contributed by atoms with Gasteiger partial charge in [0.1, 0.15) is 0 Å². The molecule has 0 unspecified atom stereocenters. The molecule has 0 atom stereocenters. The van der Waals surface area contributed by atoms with E-state index in [0.717, 1.165) is 39.3 Å². The van der Waals surface area contributed by atoms with Gasteiger partial charge in [0.05, 0.1) is 0 Å². The molecule has 3 rings (SSSR count). The smallest absolute Gasteiger partial charge is 0.0486 e. The lowest BCUT2D eigenvalue weighted by Gasteiger charge is -2.05. The maximum absolute atomic E-state index is 5.38. The SMILES string of the molecule is CCOCCCNCc1cn(Cc2ccccc2)c2ccccc12. The zero-order chi connectivity index (χ0) is 16.6. The van der Waals surface area contributed by atoms with Crippen LogP contribution in [0.25, 0.3) is 10.9 Å². The first-order valence-corrected chi connectivity index (χ1v) is 8.77. The number of benzene rings is 2. The number of hydrogen-bond donors (Lipinski definition) is 1. The molecular formula is C21H26N2O. The fourth-order valence-corrected chi connectivity index (χ4v) is 3.04. The molecular weight excluding hydrogens is 296 g/mol. The predicted molar refractivity (Wildman–Crippen MR) is 100 cm³/mol. The number of nitrogens with one attached hydrogen (secondary N) is 1. The topological polar surface area (TPSA) is 26.2 Å². The summed E-state index contributed by atoms with van der Waals surface area (Å²) in [4.78, 5) is 0. The molecule has 0 bridgehead atoms. The third-order valence-electron chi connectivity index (χ3n) is 4.23. The maximum Gasteiger partial charge on any atom is 0.0486 e. The van der Waals surface area contributed by atoms with Crippen LogP contribution in [0.15, 0.2) is 60.8 Å². The largest absolute Gasteiger partial charge is 0.382 e. The van der Waals surface area contributed by atoms with Crippen molar-refractivity contribution < 1.29 is 4.74 Å². The first-order chi connectivity index (χ1) is 11.9. The molecule has 0 amide bonds. The zero-order valence-electron chi connectivity index (χ0n) is 14.4. The van der Waals surface area contributed by atoms with Gasteiger partial charge < -0.3 is 14.6 Å². The van der Waals surface area contributed by atoms with Gasteiger partial charge in [0, 0.05) is 43.4 Å². The summed E-state index contributed by atoms with van der Waals surface area (Å²) in [7, 11) is 0. The first-order valence-electron chi connectivity index (χ1n) is 8.77. The van der Waals surface area contributed by atoms with Gasteiger partial charge >= 0.3 is 0 Å². The summed E-state index contributed by atoms with van der Waals surface area (Å²) in [6, 6.07) is 19.3. The van der Waals surface area contributed by atoms with E-state index in [1.807, 2.05) is 6.92 Å². The number of ether oxygens (including phenoxy) is 1. The summed E-state index contributed by atoms with van der Waals surface area (Å²) in [5, 5.41) is 4.88. The molecule has 3 heteroatoms. The summed E-state index contributed by atoms with van der Waals surface area (Å²) in [6.45, 7) is 6.46. The van der Waals surface area contributed by atoms with Crippen molar-refractivity contribution in [3.8, 4) is 0 Å². The van der Waals surface area contributed by atoms with E-state index in [1.54, 1.807) is 0 Å². The number of para-hydroxylation sites is 1. The minimum atomic E-state index is 0.799. The second-order valence-electron chi connectivity index (χ2n) is 6.01. The molecule has 0 aliphatic heterocycles. The molecule has 0 saturated carbocycles. The molecule has 0 aliphatic carbocycles. The van der Waals surface area contributed by atoms with E-state index >= 15 is 0 Å². The van der Waals surface area contributed by atoms with Crippen LogP contribution in [0.5, 0.6) is 0 Å². The number of fused-ring (bicyclic) bond motifs is 1. The average molecular weight is 322 g/mol. The van der Waals surface area contributed by atoms with Gasteiger partial charge in [-0.3, -0.25) is 0 Å². The Morgan fingerprint density at radius 3 is 2.62 bits per heavy atom. The van der Waals surface area contributed by atoms with E-state index in [4.69, 9.17) is 4.74 Å². The molecule has 1 aromatic heterocycles. The predicted octanol–water partition coefficient (Wildman–Crippen LogP) is 4.21. The number of aromatic nitrogens is 1. The summed E-state index contributed by atoms with van der Waals surface area (Å²) < 4.78 is 7.73. The van der Waals surface area contributed by atoms with Crippen molar-refractivity contribution in [3.05, 3.63) is 71.9 Å². The fraction of sp³-hybridized carbons (Fsp3) is 0.333. The van der Waals surface area contributed by atoms with E-state index in [-0.39, 0.29) is 0 Å². The molecule has 0 radical (unpaired) electrons. The minimum Gasteiger partial charge on any atom is -0.382 e. The fourth-order valence-electron chi connectivity index (χ4n) is 3.04. The second-order valence-corrected chi connectivity index (χ2v) is 6.01. The molecule has 2 aromatic carbocycles. The van der Waals surface area contributed by atoms with Crippen LogP contribution in [-0.4, -0.2) is 24.3 Å². The highest BCUT2D eigenvalue weighted by Crippen LogP contribution is 2.22. The normalized spacial score (nSPS) is 11.2. The molecule has 0 saturated heterocycles. The van der Waals surface area contributed by atoms with Crippen molar-refractivity contribution in [2.24, 2.45) is 0 Å². The van der Waals surface area contributed by atoms with Gasteiger partial charge in [-0.1, -0.05) is 48.5 Å². The third kappa shape index (κ3) is 4.25. The lowest BCUT2D eigenvalue weighted by Crippen LogP contribution is -2.16. The van der Waals surface area contributed by atoms with Crippen LogP contribution in [0.3, 0.4) is 0 Å². The van der Waals surface area contributed by atoms with Crippen molar-refractivity contribution in [1.29, 1.82) is 0 Å². The van der Waals surface area contributed by atoms with Crippen LogP contribution in [0.4, 0.5) is 0 Å². The Labute approximate surface area is 144 Å². The number of rotatable bonds is 9. The molecule has 1 N–H and O–H groups in total. The minimum absolute atomic E-state index is 0.799. The van der Waals surface area contributed by atoms with E-state index < -0.39 is 0 Å². The molecule has 3 nitrogen and oxygen atoms in total. The third-order valence-corrected chi connectivity index (χ3v) is 4.23. The highest BCUT2D eigenvalue weighted by Gasteiger charge is 2.08. The summed E-state index contributed by atoms with van der Waals surface area (Å²) in [6.07, 6.45) is 3.34. The Morgan fingerprint density at radius 1 is 1.00 bits per heavy atom. The van der Waals surface area contributed by atoms with Crippen molar-refractivity contribution in [3.63, 3.8) is 0 Å². The van der Waals surface area contributed by atoms with Crippen LogP contribution in [-0.2, 0) is 17.8 Å². The van der Waals surface area contributed by atoms with E-state index in [0.29, 0.717) is 0 Å². The Balaban J connectivity index is 1.69. The highest BCUT2D eigenvalue weighted by molar-refractivity contribution is 5.84. The molecule has 24 heavy (non-hydrogen) atoms. The van der Waals surface area contributed by atoms with Crippen molar-refractivity contribution in [2.75, 3.05) is 19.8 Å². The second kappa shape index (κ2) is 8.67. The Hall–Kier alpha value is -2.10. The molecule has 3 aromatic rings. The molecule has 126 valence electrons. The van der Waals surface area contributed by atoms with Crippen molar-refractivity contribution in [1.82, 2.24) is 9.88 Å². The van der Waals surface area contributed by atoms with E-state index in [9.17, 15) is 0 Å². The van der Waals surface area contributed by atoms with Crippen molar-refractivity contribution >= 4 is 10.9 Å². The quantitative estimate of drug-likeness (QED) is 0.597. The van der Waals surface area contributed by atoms with Crippen LogP contribution in [0, 0.1) is 0 Å². The van der Waals surface area contributed by atoms with Gasteiger partial charge in [-0.15, -0.1) is 0 Å². The van der Waals surface area contributed by atoms with E-state index in [2.05, 4.69) is 70.7 Å². The average Bonchev–Trinajstić information content (AvgIpc) is 2.97. The van der Waals surface area contributed by atoms with E-state index in [1.165, 1.54) is 22.0 Å². The maximum atomic E-state index is 5.38. The lowest BCUT2D eigenvalue weighted by atomic mass is 10.2. The van der Waals surface area contributed by atoms with Crippen LogP contribution < -0.4 is 5.32 Å². The Kier molecular flexibility index (Phi) is 6.05. The van der Waals surface area contributed by atoms with Gasteiger partial charge in [-0.2, -0.15) is 0 Å². The van der Waals surface area contributed by atoms with Crippen LogP contribution >= 0.6 is 0 Å². The van der Waals surface area contributed by atoms with Crippen LogP contribution in [0.2, 0.25) is 0 Å². The monoisotopic (exact) mass is 322 g/mol. The first kappa shape index (κ1) is 16.7. The van der Waals surface area contributed by atoms with Gasteiger partial charge in [-0.25, -0.2) is 0 Å². The molecule has 0 fully saturated rings. The highest BCUT2D eigenvalue weighted by atomic mass is 16.5. The molecule has 1 heterocycles. The van der Waals surface area contributed by atoms with Gasteiger partial charge in [0.2, 0.25) is 0 Å². The summed E-state index contributed by atoms with van der Waals surface area (Å²) in [5.74, 6) is 0.